The van der Waals surface area contributed by atoms with Crippen molar-refractivity contribution in [3.63, 3.8) is 0 Å². The van der Waals surface area contributed by atoms with Gasteiger partial charge < -0.3 is 10.2 Å². The molecular weight excluding hydrogens is 172 g/mol. The lowest BCUT2D eigenvalue weighted by Crippen LogP contribution is -2.38. The van der Waals surface area contributed by atoms with Crippen LogP contribution in [0.5, 0.6) is 0 Å². The molecule has 1 saturated carbocycles. The van der Waals surface area contributed by atoms with Crippen LogP contribution >= 0.6 is 0 Å². The van der Waals surface area contributed by atoms with Crippen LogP contribution in [-0.4, -0.2) is 37.1 Å². The third-order valence-electron chi connectivity index (χ3n) is 3.66. The molecule has 0 aromatic rings. The summed E-state index contributed by atoms with van der Waals surface area (Å²) in [5.74, 6) is 0. The summed E-state index contributed by atoms with van der Waals surface area (Å²) >= 11 is 0. The number of nitrogens with one attached hydrogen (secondary N) is 1. The summed E-state index contributed by atoms with van der Waals surface area (Å²) in [4.78, 5) is 2.62. The zero-order valence-electron chi connectivity index (χ0n) is 9.30. The van der Waals surface area contributed by atoms with Gasteiger partial charge in [-0.05, 0) is 38.8 Å². The third kappa shape index (κ3) is 3.25. The van der Waals surface area contributed by atoms with E-state index >= 15 is 0 Å². The van der Waals surface area contributed by atoms with Crippen LogP contribution in [0.25, 0.3) is 0 Å². The first-order valence-electron chi connectivity index (χ1n) is 6.41. The molecule has 2 fully saturated rings. The molecule has 0 bridgehead atoms. The number of hydrogen-bond donors (Lipinski definition) is 1. The minimum Gasteiger partial charge on any atom is -0.313 e. The fourth-order valence-electron chi connectivity index (χ4n) is 2.74. The molecule has 1 aliphatic heterocycles. The standard InChI is InChI=1S/C12H24N2/c1-4-9-14(10-5-1)11-8-13-12-6-2-3-7-12/h12-13H,1-11H2. The highest BCUT2D eigenvalue weighted by Gasteiger charge is 2.14. The van der Waals surface area contributed by atoms with Crippen molar-refractivity contribution in [2.75, 3.05) is 26.2 Å². The minimum atomic E-state index is 0.847. The number of piperidine rings is 1. The molecule has 0 aromatic heterocycles. The van der Waals surface area contributed by atoms with E-state index < -0.39 is 0 Å². The Morgan fingerprint density at radius 3 is 2.36 bits per heavy atom. The predicted octanol–water partition coefficient (Wildman–Crippen LogP) is 2.00. The van der Waals surface area contributed by atoms with Gasteiger partial charge in [0, 0.05) is 19.1 Å². The quantitative estimate of drug-likeness (QED) is 0.740. The van der Waals surface area contributed by atoms with E-state index in [0.717, 1.165) is 6.04 Å². The van der Waals surface area contributed by atoms with Crippen molar-refractivity contribution in [3.05, 3.63) is 0 Å². The Labute approximate surface area is 88.1 Å². The first-order valence-corrected chi connectivity index (χ1v) is 6.41. The van der Waals surface area contributed by atoms with Crippen molar-refractivity contribution in [3.8, 4) is 0 Å². The highest BCUT2D eigenvalue weighted by atomic mass is 15.1. The van der Waals surface area contributed by atoms with Gasteiger partial charge in [0.2, 0.25) is 0 Å². The van der Waals surface area contributed by atoms with Gasteiger partial charge in [-0.25, -0.2) is 0 Å². The van der Waals surface area contributed by atoms with Crippen LogP contribution in [0.2, 0.25) is 0 Å². The average Bonchev–Trinajstić information content (AvgIpc) is 2.72. The SMILES string of the molecule is C1CCN(CCNC2CCCC2)CC1. The molecule has 1 N–H and O–H groups in total. The summed E-state index contributed by atoms with van der Waals surface area (Å²) in [6.07, 6.45) is 10.0. The van der Waals surface area contributed by atoms with Crippen LogP contribution < -0.4 is 5.32 Å². The molecule has 14 heavy (non-hydrogen) atoms. The first-order chi connectivity index (χ1) is 6.95. The van der Waals surface area contributed by atoms with Gasteiger partial charge in [-0.15, -0.1) is 0 Å². The van der Waals surface area contributed by atoms with Crippen LogP contribution in [0.1, 0.15) is 44.9 Å². The van der Waals surface area contributed by atoms with E-state index in [4.69, 9.17) is 0 Å². The van der Waals surface area contributed by atoms with Gasteiger partial charge in [-0.3, -0.25) is 0 Å². The van der Waals surface area contributed by atoms with Crippen molar-refractivity contribution in [2.45, 2.75) is 51.0 Å². The Bertz CT molecular complexity index is 146. The zero-order valence-corrected chi connectivity index (χ0v) is 9.30. The van der Waals surface area contributed by atoms with Crippen molar-refractivity contribution in [1.29, 1.82) is 0 Å². The normalized spacial score (nSPS) is 25.7. The minimum absolute atomic E-state index is 0.847. The predicted molar refractivity (Wildman–Crippen MR) is 60.5 cm³/mol. The summed E-state index contributed by atoms with van der Waals surface area (Å²) in [6, 6.07) is 0.847. The van der Waals surface area contributed by atoms with E-state index in [2.05, 4.69) is 10.2 Å². The Hall–Kier alpha value is -0.0800. The van der Waals surface area contributed by atoms with Crippen LogP contribution in [0, 0.1) is 0 Å². The molecule has 2 aliphatic rings. The maximum Gasteiger partial charge on any atom is 0.0107 e. The second kappa shape index (κ2) is 5.72. The lowest BCUT2D eigenvalue weighted by molar-refractivity contribution is 0.226. The van der Waals surface area contributed by atoms with E-state index in [-0.39, 0.29) is 0 Å². The van der Waals surface area contributed by atoms with Crippen molar-refractivity contribution in [2.24, 2.45) is 0 Å². The Kier molecular flexibility index (Phi) is 4.26. The Morgan fingerprint density at radius 1 is 0.929 bits per heavy atom. The summed E-state index contributed by atoms with van der Waals surface area (Å²) in [5.41, 5.74) is 0. The van der Waals surface area contributed by atoms with Gasteiger partial charge in [0.15, 0.2) is 0 Å². The van der Waals surface area contributed by atoms with E-state index in [1.54, 1.807) is 0 Å². The van der Waals surface area contributed by atoms with Crippen molar-refractivity contribution in [1.82, 2.24) is 10.2 Å². The van der Waals surface area contributed by atoms with Gasteiger partial charge in [-0.1, -0.05) is 19.3 Å². The largest absolute Gasteiger partial charge is 0.313 e. The first kappa shape index (κ1) is 10.4. The molecule has 0 radical (unpaired) electrons. The van der Waals surface area contributed by atoms with E-state index in [1.165, 1.54) is 71.1 Å². The van der Waals surface area contributed by atoms with Crippen LogP contribution in [0.3, 0.4) is 0 Å². The summed E-state index contributed by atoms with van der Waals surface area (Å²) in [7, 11) is 0. The Balaban J connectivity index is 1.52. The molecular formula is C12H24N2. The van der Waals surface area contributed by atoms with Crippen LogP contribution in [-0.2, 0) is 0 Å². The van der Waals surface area contributed by atoms with Gasteiger partial charge in [0.25, 0.3) is 0 Å². The molecule has 2 rings (SSSR count). The molecule has 0 aromatic carbocycles. The summed E-state index contributed by atoms with van der Waals surface area (Å²) in [6.45, 7) is 5.17. The molecule has 1 aliphatic carbocycles. The molecule has 0 amide bonds. The molecule has 1 heterocycles. The maximum absolute atomic E-state index is 3.69. The molecule has 0 spiro atoms. The zero-order chi connectivity index (χ0) is 9.64. The average molecular weight is 196 g/mol. The lowest BCUT2D eigenvalue weighted by Gasteiger charge is -2.27. The molecule has 82 valence electrons. The van der Waals surface area contributed by atoms with Gasteiger partial charge in [0.05, 0.1) is 0 Å². The van der Waals surface area contributed by atoms with E-state index in [1.807, 2.05) is 0 Å². The molecule has 2 nitrogen and oxygen atoms in total. The van der Waals surface area contributed by atoms with E-state index in [0.29, 0.717) is 0 Å². The van der Waals surface area contributed by atoms with Crippen molar-refractivity contribution < 1.29 is 0 Å². The second-order valence-electron chi connectivity index (χ2n) is 4.84. The topological polar surface area (TPSA) is 15.3 Å². The van der Waals surface area contributed by atoms with Crippen LogP contribution in [0.15, 0.2) is 0 Å². The number of likely N-dealkylation sites (tertiary alicyclic amines) is 1. The molecule has 0 unspecified atom stereocenters. The fourth-order valence-corrected chi connectivity index (χ4v) is 2.74. The summed E-state index contributed by atoms with van der Waals surface area (Å²) in [5, 5.41) is 3.69. The van der Waals surface area contributed by atoms with Gasteiger partial charge >= 0.3 is 0 Å². The smallest absolute Gasteiger partial charge is 0.0107 e. The van der Waals surface area contributed by atoms with Crippen LogP contribution in [0.4, 0.5) is 0 Å². The van der Waals surface area contributed by atoms with Crippen molar-refractivity contribution >= 4 is 0 Å². The summed E-state index contributed by atoms with van der Waals surface area (Å²) < 4.78 is 0. The maximum atomic E-state index is 3.69. The monoisotopic (exact) mass is 196 g/mol. The highest BCUT2D eigenvalue weighted by molar-refractivity contribution is 4.74. The Morgan fingerprint density at radius 2 is 1.64 bits per heavy atom. The molecule has 1 saturated heterocycles. The molecule has 2 heteroatoms. The van der Waals surface area contributed by atoms with Gasteiger partial charge in [0.1, 0.15) is 0 Å². The number of nitrogens with zero attached hydrogens (tertiary/aromatic N) is 1. The van der Waals surface area contributed by atoms with Gasteiger partial charge in [-0.2, -0.15) is 0 Å². The molecule has 0 atom stereocenters. The second-order valence-corrected chi connectivity index (χ2v) is 4.84. The lowest BCUT2D eigenvalue weighted by atomic mass is 10.1. The fraction of sp³-hybridized carbons (Fsp3) is 1.00. The third-order valence-corrected chi connectivity index (χ3v) is 3.66. The number of hydrogen-bond acceptors (Lipinski definition) is 2. The number of rotatable bonds is 4. The highest BCUT2D eigenvalue weighted by Crippen LogP contribution is 2.17. The van der Waals surface area contributed by atoms with E-state index in [9.17, 15) is 0 Å².